The van der Waals surface area contributed by atoms with Crippen molar-refractivity contribution in [2.75, 3.05) is 11.1 Å². The van der Waals surface area contributed by atoms with Crippen LogP contribution in [0, 0.1) is 0 Å². The van der Waals surface area contributed by atoms with Crippen molar-refractivity contribution in [3.63, 3.8) is 0 Å². The van der Waals surface area contributed by atoms with E-state index in [9.17, 15) is 9.90 Å². The van der Waals surface area contributed by atoms with Crippen molar-refractivity contribution in [3.05, 3.63) is 46.6 Å². The third-order valence-electron chi connectivity index (χ3n) is 2.25. The zero-order valence-corrected chi connectivity index (χ0v) is 10.8. The van der Waals surface area contributed by atoms with Gasteiger partial charge in [-0.3, -0.25) is 4.79 Å². The molecule has 6 heteroatoms. The van der Waals surface area contributed by atoms with Gasteiger partial charge >= 0.3 is 0 Å². The van der Waals surface area contributed by atoms with Crippen LogP contribution in [0.5, 0.6) is 5.75 Å². The summed E-state index contributed by atoms with van der Waals surface area (Å²) >= 11 is 3.20. The molecule has 1 heterocycles. The van der Waals surface area contributed by atoms with Crippen LogP contribution in [0.3, 0.4) is 0 Å². The fourth-order valence-electron chi connectivity index (χ4n) is 1.37. The summed E-state index contributed by atoms with van der Waals surface area (Å²) in [6.45, 7) is 0. The molecule has 5 nitrogen and oxygen atoms in total. The molecule has 0 saturated heterocycles. The maximum Gasteiger partial charge on any atom is 0.259 e. The highest BCUT2D eigenvalue weighted by molar-refractivity contribution is 9.10. The summed E-state index contributed by atoms with van der Waals surface area (Å²) in [5.41, 5.74) is 6.14. The number of pyridine rings is 1. The van der Waals surface area contributed by atoms with E-state index >= 15 is 0 Å². The highest BCUT2D eigenvalue weighted by atomic mass is 79.9. The van der Waals surface area contributed by atoms with Gasteiger partial charge in [0.2, 0.25) is 0 Å². The number of aromatic hydroxyl groups is 1. The van der Waals surface area contributed by atoms with Gasteiger partial charge in [-0.25, -0.2) is 4.98 Å². The van der Waals surface area contributed by atoms with Crippen molar-refractivity contribution < 1.29 is 9.90 Å². The number of phenols is 1. The molecule has 2 rings (SSSR count). The molecule has 0 aliphatic rings. The highest BCUT2D eigenvalue weighted by Crippen LogP contribution is 2.23. The Bertz CT molecular complexity index is 584. The van der Waals surface area contributed by atoms with E-state index in [1.165, 1.54) is 18.3 Å². The van der Waals surface area contributed by atoms with E-state index in [1.54, 1.807) is 18.2 Å². The molecule has 0 bridgehead atoms. The number of halogens is 1. The van der Waals surface area contributed by atoms with Gasteiger partial charge in [-0.1, -0.05) is 15.9 Å². The second kappa shape index (κ2) is 5.05. The Balaban J connectivity index is 2.19. The zero-order valence-electron chi connectivity index (χ0n) is 9.22. The predicted octanol–water partition coefficient (Wildman–Crippen LogP) is 2.38. The Morgan fingerprint density at radius 1 is 1.33 bits per heavy atom. The second-order valence-electron chi connectivity index (χ2n) is 3.59. The Morgan fingerprint density at radius 2 is 2.11 bits per heavy atom. The average molecular weight is 308 g/mol. The number of carbonyl (C=O) groups excluding carboxylic acids is 1. The SMILES string of the molecule is Nc1ccc(NC(=O)c2ccc(Br)cc2O)cn1. The largest absolute Gasteiger partial charge is 0.507 e. The minimum absolute atomic E-state index is 0.0923. The number of hydrogen-bond donors (Lipinski definition) is 3. The van der Waals surface area contributed by atoms with Crippen LogP contribution in [-0.2, 0) is 0 Å². The molecular formula is C12H10BrN3O2. The summed E-state index contributed by atoms with van der Waals surface area (Å²) in [6.07, 6.45) is 1.45. The van der Waals surface area contributed by atoms with Gasteiger partial charge in [0.1, 0.15) is 11.6 Å². The lowest BCUT2D eigenvalue weighted by Gasteiger charge is -2.07. The van der Waals surface area contributed by atoms with Crippen molar-refractivity contribution in [1.29, 1.82) is 0 Å². The van der Waals surface area contributed by atoms with Crippen LogP contribution in [0.15, 0.2) is 41.0 Å². The first-order valence-electron chi connectivity index (χ1n) is 5.07. The van der Waals surface area contributed by atoms with Gasteiger partial charge < -0.3 is 16.2 Å². The molecule has 0 saturated carbocycles. The quantitative estimate of drug-likeness (QED) is 0.795. The molecule has 0 fully saturated rings. The van der Waals surface area contributed by atoms with E-state index in [-0.39, 0.29) is 11.3 Å². The van der Waals surface area contributed by atoms with Crippen molar-refractivity contribution >= 4 is 33.3 Å². The molecule has 4 N–H and O–H groups in total. The van der Waals surface area contributed by atoms with Crippen molar-refractivity contribution in [2.24, 2.45) is 0 Å². The normalized spacial score (nSPS) is 10.1. The third kappa shape index (κ3) is 2.78. The molecular weight excluding hydrogens is 298 g/mol. The van der Waals surface area contributed by atoms with Crippen molar-refractivity contribution in [1.82, 2.24) is 4.98 Å². The van der Waals surface area contributed by atoms with E-state index in [0.717, 1.165) is 0 Å². The number of aromatic nitrogens is 1. The molecule has 18 heavy (non-hydrogen) atoms. The molecule has 1 aromatic heterocycles. The Morgan fingerprint density at radius 3 is 2.72 bits per heavy atom. The molecule has 0 unspecified atom stereocenters. The van der Waals surface area contributed by atoms with Crippen LogP contribution in [0.1, 0.15) is 10.4 Å². The van der Waals surface area contributed by atoms with Gasteiger partial charge in [-0.15, -0.1) is 0 Å². The number of rotatable bonds is 2. The summed E-state index contributed by atoms with van der Waals surface area (Å²) in [6, 6.07) is 7.87. The van der Waals surface area contributed by atoms with Crippen LogP contribution >= 0.6 is 15.9 Å². The molecule has 1 amide bonds. The van der Waals surface area contributed by atoms with Gasteiger partial charge in [0.05, 0.1) is 17.4 Å². The van der Waals surface area contributed by atoms with E-state index in [2.05, 4.69) is 26.2 Å². The van der Waals surface area contributed by atoms with E-state index < -0.39 is 5.91 Å². The number of nitrogens with two attached hydrogens (primary N) is 1. The highest BCUT2D eigenvalue weighted by Gasteiger charge is 2.11. The van der Waals surface area contributed by atoms with Crippen LogP contribution < -0.4 is 11.1 Å². The van der Waals surface area contributed by atoms with E-state index in [0.29, 0.717) is 16.0 Å². The fraction of sp³-hybridized carbons (Fsp3) is 0. The van der Waals surface area contributed by atoms with Crippen LogP contribution in [0.25, 0.3) is 0 Å². The standard InChI is InChI=1S/C12H10BrN3O2/c13-7-1-3-9(10(17)5-7)12(18)16-8-2-4-11(14)15-6-8/h1-6,17H,(H2,14,15)(H,16,18). The number of carbonyl (C=O) groups is 1. The van der Waals surface area contributed by atoms with E-state index in [4.69, 9.17) is 5.73 Å². The smallest absolute Gasteiger partial charge is 0.259 e. The lowest BCUT2D eigenvalue weighted by molar-refractivity contribution is 0.102. The average Bonchev–Trinajstić information content (AvgIpc) is 2.32. The molecule has 1 aromatic carbocycles. The topological polar surface area (TPSA) is 88.2 Å². The van der Waals surface area contributed by atoms with Crippen molar-refractivity contribution in [3.8, 4) is 5.75 Å². The number of nitrogen functional groups attached to an aromatic ring is 1. The molecule has 2 aromatic rings. The minimum atomic E-state index is -0.411. The van der Waals surface area contributed by atoms with Crippen LogP contribution in [-0.4, -0.2) is 16.0 Å². The lowest BCUT2D eigenvalue weighted by atomic mass is 10.2. The number of benzene rings is 1. The molecule has 92 valence electrons. The summed E-state index contributed by atoms with van der Waals surface area (Å²) in [5.74, 6) is -0.128. The Labute approximate surface area is 112 Å². The van der Waals surface area contributed by atoms with Crippen molar-refractivity contribution in [2.45, 2.75) is 0 Å². The molecule has 0 aliphatic carbocycles. The fourth-order valence-corrected chi connectivity index (χ4v) is 1.72. The third-order valence-corrected chi connectivity index (χ3v) is 2.74. The Kier molecular flexibility index (Phi) is 3.47. The summed E-state index contributed by atoms with van der Waals surface area (Å²) < 4.78 is 0.700. The number of anilines is 2. The number of nitrogens with zero attached hydrogens (tertiary/aromatic N) is 1. The van der Waals surface area contributed by atoms with Crippen LogP contribution in [0.2, 0.25) is 0 Å². The molecule has 0 atom stereocenters. The van der Waals surface area contributed by atoms with E-state index in [1.807, 2.05) is 0 Å². The minimum Gasteiger partial charge on any atom is -0.507 e. The first-order valence-corrected chi connectivity index (χ1v) is 5.87. The van der Waals surface area contributed by atoms with Gasteiger partial charge in [0.25, 0.3) is 5.91 Å². The lowest BCUT2D eigenvalue weighted by Crippen LogP contribution is -2.12. The molecule has 0 aliphatic heterocycles. The van der Waals surface area contributed by atoms with Gasteiger partial charge in [-0.05, 0) is 30.3 Å². The predicted molar refractivity (Wildman–Crippen MR) is 72.4 cm³/mol. The summed E-state index contributed by atoms with van der Waals surface area (Å²) in [5, 5.41) is 12.3. The summed E-state index contributed by atoms with van der Waals surface area (Å²) in [7, 11) is 0. The zero-order chi connectivity index (χ0) is 13.1. The Hall–Kier alpha value is -2.08. The number of hydrogen-bond acceptors (Lipinski definition) is 4. The first-order chi connectivity index (χ1) is 8.56. The van der Waals surface area contributed by atoms with Gasteiger partial charge in [0.15, 0.2) is 0 Å². The maximum absolute atomic E-state index is 11.9. The van der Waals surface area contributed by atoms with Crippen LogP contribution in [0.4, 0.5) is 11.5 Å². The number of phenolic OH excluding ortho intramolecular Hbond substituents is 1. The molecule has 0 radical (unpaired) electrons. The second-order valence-corrected chi connectivity index (χ2v) is 4.50. The van der Waals surface area contributed by atoms with Gasteiger partial charge in [-0.2, -0.15) is 0 Å². The van der Waals surface area contributed by atoms with Gasteiger partial charge in [0, 0.05) is 4.47 Å². The molecule has 0 spiro atoms. The number of amides is 1. The number of nitrogens with one attached hydrogen (secondary N) is 1. The first kappa shape index (κ1) is 12.4. The summed E-state index contributed by atoms with van der Waals surface area (Å²) in [4.78, 5) is 15.7. The monoisotopic (exact) mass is 307 g/mol. The maximum atomic E-state index is 11.9.